The summed E-state index contributed by atoms with van der Waals surface area (Å²) < 4.78 is 76.4. The van der Waals surface area contributed by atoms with Crippen molar-refractivity contribution in [3.63, 3.8) is 0 Å². The maximum atomic E-state index is 13.0. The minimum atomic E-state index is -4.56. The fourth-order valence-corrected chi connectivity index (χ4v) is 4.08. The van der Waals surface area contributed by atoms with Crippen molar-refractivity contribution < 1.29 is 35.9 Å². The third-order valence-corrected chi connectivity index (χ3v) is 6.05. The summed E-state index contributed by atoms with van der Waals surface area (Å²) in [4.78, 5) is 12.1. The summed E-state index contributed by atoms with van der Waals surface area (Å²) in [6.07, 6.45) is -3.05. The zero-order chi connectivity index (χ0) is 21.8. The van der Waals surface area contributed by atoms with Crippen LogP contribution in [0.15, 0.2) is 53.4 Å². The lowest BCUT2D eigenvalue weighted by Crippen LogP contribution is -2.31. The predicted octanol–water partition coefficient (Wildman–Crippen LogP) is 3.52. The summed E-state index contributed by atoms with van der Waals surface area (Å²) in [5.74, 6) is -0.858. The number of nitrogens with one attached hydrogen (secondary N) is 1. The minimum Gasteiger partial charge on any atom is -0.457 e. The number of carbonyl (C=O) groups excluding carboxylic acids is 1. The number of carbonyl (C=O) groups is 1. The van der Waals surface area contributed by atoms with Crippen LogP contribution < -0.4 is 4.72 Å². The van der Waals surface area contributed by atoms with Crippen molar-refractivity contribution >= 4 is 16.0 Å². The van der Waals surface area contributed by atoms with E-state index < -0.39 is 34.3 Å². The van der Waals surface area contributed by atoms with Crippen LogP contribution in [0.4, 0.5) is 13.2 Å². The molecule has 1 saturated heterocycles. The van der Waals surface area contributed by atoms with Crippen molar-refractivity contribution in [2.45, 2.75) is 36.6 Å². The van der Waals surface area contributed by atoms with Crippen LogP contribution in [0.2, 0.25) is 0 Å². The van der Waals surface area contributed by atoms with Crippen molar-refractivity contribution in [2.24, 2.45) is 0 Å². The van der Waals surface area contributed by atoms with Gasteiger partial charge in [0.1, 0.15) is 6.61 Å². The van der Waals surface area contributed by atoms with E-state index in [0.717, 1.165) is 18.9 Å². The number of rotatable bonds is 7. The van der Waals surface area contributed by atoms with Crippen LogP contribution in [0.25, 0.3) is 0 Å². The van der Waals surface area contributed by atoms with Crippen LogP contribution in [0, 0.1) is 0 Å². The van der Waals surface area contributed by atoms with Gasteiger partial charge in [0, 0.05) is 18.7 Å². The van der Waals surface area contributed by atoms with Crippen molar-refractivity contribution in [1.82, 2.24) is 4.72 Å². The van der Waals surface area contributed by atoms with Crippen LogP contribution in [0.1, 0.15) is 34.3 Å². The van der Waals surface area contributed by atoms with Crippen LogP contribution in [0.3, 0.4) is 0 Å². The van der Waals surface area contributed by atoms with E-state index in [1.54, 1.807) is 0 Å². The van der Waals surface area contributed by atoms with Crippen LogP contribution in [0.5, 0.6) is 0 Å². The standard InChI is InChI=1S/C20H20F3NO5S/c21-20(22,23)18-6-2-1-4-15(18)13-29-19(25)14-7-9-17(10-8-14)30(26,27)24-12-16-5-3-11-28-16/h1-2,4,6-10,16,24H,3,5,11-13H2. The molecule has 0 aliphatic carbocycles. The molecule has 10 heteroatoms. The van der Waals surface area contributed by atoms with Gasteiger partial charge in [-0.05, 0) is 43.2 Å². The molecule has 1 fully saturated rings. The molecular formula is C20H20F3NO5S. The average Bonchev–Trinajstić information content (AvgIpc) is 3.24. The number of ether oxygens (including phenoxy) is 2. The van der Waals surface area contributed by atoms with E-state index >= 15 is 0 Å². The molecule has 162 valence electrons. The maximum Gasteiger partial charge on any atom is 0.416 e. The highest BCUT2D eigenvalue weighted by atomic mass is 32.2. The van der Waals surface area contributed by atoms with Gasteiger partial charge >= 0.3 is 12.1 Å². The first-order valence-corrected chi connectivity index (χ1v) is 10.7. The molecule has 1 N–H and O–H groups in total. The molecule has 30 heavy (non-hydrogen) atoms. The molecule has 0 aromatic heterocycles. The second-order valence-corrected chi connectivity index (χ2v) is 8.51. The predicted molar refractivity (Wildman–Crippen MR) is 101 cm³/mol. The Labute approximate surface area is 172 Å². The number of alkyl halides is 3. The molecule has 6 nitrogen and oxygen atoms in total. The van der Waals surface area contributed by atoms with Crippen molar-refractivity contribution in [3.8, 4) is 0 Å². The first kappa shape index (κ1) is 22.3. The largest absolute Gasteiger partial charge is 0.457 e. The number of esters is 1. The van der Waals surface area contributed by atoms with Gasteiger partial charge in [-0.2, -0.15) is 13.2 Å². The Morgan fingerprint density at radius 3 is 2.47 bits per heavy atom. The summed E-state index contributed by atoms with van der Waals surface area (Å²) in [5, 5.41) is 0. The van der Waals surface area contributed by atoms with Gasteiger partial charge in [0.15, 0.2) is 0 Å². The molecule has 1 aliphatic rings. The van der Waals surface area contributed by atoms with E-state index in [9.17, 15) is 26.4 Å². The highest BCUT2D eigenvalue weighted by Crippen LogP contribution is 2.32. The molecule has 0 radical (unpaired) electrons. The molecule has 0 bridgehead atoms. The molecule has 1 atom stereocenters. The summed E-state index contributed by atoms with van der Waals surface area (Å²) in [7, 11) is -3.77. The molecular weight excluding hydrogens is 423 g/mol. The monoisotopic (exact) mass is 443 g/mol. The van der Waals surface area contributed by atoms with Gasteiger partial charge < -0.3 is 9.47 Å². The summed E-state index contributed by atoms with van der Waals surface area (Å²) in [5.41, 5.74) is -1.02. The second kappa shape index (κ2) is 9.15. The van der Waals surface area contributed by atoms with Crippen molar-refractivity contribution in [2.75, 3.05) is 13.2 Å². The van der Waals surface area contributed by atoms with Gasteiger partial charge in [-0.1, -0.05) is 18.2 Å². The lowest BCUT2D eigenvalue weighted by atomic mass is 10.1. The molecule has 1 unspecified atom stereocenters. The number of benzene rings is 2. The summed E-state index contributed by atoms with van der Waals surface area (Å²) >= 11 is 0. The maximum absolute atomic E-state index is 13.0. The van der Waals surface area contributed by atoms with E-state index in [0.29, 0.717) is 6.61 Å². The third-order valence-electron chi connectivity index (χ3n) is 4.61. The Hall–Kier alpha value is -2.43. The molecule has 2 aromatic carbocycles. The molecule has 1 aliphatic heterocycles. The summed E-state index contributed by atoms with van der Waals surface area (Å²) in [6.45, 7) is 0.207. The van der Waals surface area contributed by atoms with E-state index in [1.165, 1.54) is 42.5 Å². The highest BCUT2D eigenvalue weighted by molar-refractivity contribution is 7.89. The van der Waals surface area contributed by atoms with E-state index in [1.807, 2.05) is 0 Å². The van der Waals surface area contributed by atoms with Crippen molar-refractivity contribution in [3.05, 3.63) is 65.2 Å². The Balaban J connectivity index is 1.61. The zero-order valence-corrected chi connectivity index (χ0v) is 16.6. The van der Waals surface area contributed by atoms with E-state index in [2.05, 4.69) is 4.72 Å². The van der Waals surface area contributed by atoms with Crippen LogP contribution >= 0.6 is 0 Å². The highest BCUT2D eigenvalue weighted by Gasteiger charge is 2.33. The first-order chi connectivity index (χ1) is 14.2. The smallest absolute Gasteiger partial charge is 0.416 e. The van der Waals surface area contributed by atoms with Gasteiger partial charge in [0.05, 0.1) is 22.1 Å². The third kappa shape index (κ3) is 5.59. The van der Waals surface area contributed by atoms with Gasteiger partial charge in [-0.15, -0.1) is 0 Å². The Bertz CT molecular complexity index is 984. The van der Waals surface area contributed by atoms with Crippen LogP contribution in [-0.4, -0.2) is 33.6 Å². The number of hydrogen-bond donors (Lipinski definition) is 1. The fourth-order valence-electron chi connectivity index (χ4n) is 3.01. The van der Waals surface area contributed by atoms with E-state index in [4.69, 9.17) is 9.47 Å². The molecule has 1 heterocycles. The lowest BCUT2D eigenvalue weighted by Gasteiger charge is -2.13. The summed E-state index contributed by atoms with van der Waals surface area (Å²) in [6, 6.07) is 9.77. The second-order valence-electron chi connectivity index (χ2n) is 6.74. The average molecular weight is 443 g/mol. The number of hydrogen-bond acceptors (Lipinski definition) is 5. The topological polar surface area (TPSA) is 81.7 Å². The molecule has 2 aromatic rings. The first-order valence-electron chi connectivity index (χ1n) is 9.20. The molecule has 0 saturated carbocycles. The Morgan fingerprint density at radius 1 is 1.13 bits per heavy atom. The Kier molecular flexibility index (Phi) is 6.79. The van der Waals surface area contributed by atoms with Gasteiger partial charge in [-0.3, -0.25) is 0 Å². The zero-order valence-electron chi connectivity index (χ0n) is 15.8. The van der Waals surface area contributed by atoms with Gasteiger partial charge in [0.25, 0.3) is 0 Å². The number of sulfonamides is 1. The Morgan fingerprint density at radius 2 is 1.83 bits per heavy atom. The molecule has 0 spiro atoms. The van der Waals surface area contributed by atoms with E-state index in [-0.39, 0.29) is 28.7 Å². The van der Waals surface area contributed by atoms with Gasteiger partial charge in [0.2, 0.25) is 10.0 Å². The quantitative estimate of drug-likeness (QED) is 0.663. The molecule has 3 rings (SSSR count). The normalized spacial score (nSPS) is 17.1. The fraction of sp³-hybridized carbons (Fsp3) is 0.350. The van der Waals surface area contributed by atoms with Gasteiger partial charge in [-0.25, -0.2) is 17.9 Å². The SMILES string of the molecule is O=C(OCc1ccccc1C(F)(F)F)c1ccc(S(=O)(=O)NCC2CCCO2)cc1. The number of halogens is 3. The minimum absolute atomic E-state index is 0.0255. The van der Waals surface area contributed by atoms with Crippen molar-refractivity contribution in [1.29, 1.82) is 0 Å². The van der Waals surface area contributed by atoms with Crippen LogP contribution in [-0.2, 0) is 32.3 Å². The lowest BCUT2D eigenvalue weighted by molar-refractivity contribution is -0.138. The molecule has 0 amide bonds.